The molecule has 0 aromatic heterocycles. The molecule has 15 rings (SSSR count). The van der Waals surface area contributed by atoms with Gasteiger partial charge < -0.3 is 14.7 Å². The molecule has 0 heterocycles. The van der Waals surface area contributed by atoms with E-state index in [9.17, 15) is 0 Å². The summed E-state index contributed by atoms with van der Waals surface area (Å²) in [6.45, 7) is 48.9. The van der Waals surface area contributed by atoms with Crippen molar-refractivity contribution < 1.29 is 0 Å². The van der Waals surface area contributed by atoms with E-state index in [4.69, 9.17) is 0 Å². The van der Waals surface area contributed by atoms with Crippen molar-refractivity contribution in [3.8, 4) is 66.8 Å². The van der Waals surface area contributed by atoms with Gasteiger partial charge in [0.15, 0.2) is 0 Å². The van der Waals surface area contributed by atoms with E-state index in [-0.39, 0.29) is 21.8 Å². The third-order valence-electron chi connectivity index (χ3n) is 23.4. The number of rotatable bonds is 15. The zero-order valence-corrected chi connectivity index (χ0v) is 67.3. The summed E-state index contributed by atoms with van der Waals surface area (Å²) in [5.74, 6) is 0.808. The molecule has 0 spiro atoms. The van der Waals surface area contributed by atoms with Gasteiger partial charge >= 0.3 is 0 Å². The highest BCUT2D eigenvalue weighted by Crippen LogP contribution is 2.56. The van der Waals surface area contributed by atoms with Crippen LogP contribution >= 0.6 is 0 Å². The predicted molar refractivity (Wildman–Crippen MR) is 461 cm³/mol. The molecule has 0 fully saturated rings. The van der Waals surface area contributed by atoms with E-state index in [1.807, 2.05) is 0 Å². The van der Waals surface area contributed by atoms with Gasteiger partial charge in [-0.1, -0.05) is 283 Å². The van der Waals surface area contributed by atoms with Crippen molar-refractivity contribution >= 4 is 34.1 Å². The summed E-state index contributed by atoms with van der Waals surface area (Å²) in [6.07, 6.45) is 2.00. The van der Waals surface area contributed by atoms with Crippen LogP contribution in [-0.2, 0) is 29.1 Å². The van der Waals surface area contributed by atoms with E-state index in [2.05, 4.69) is 415 Å². The van der Waals surface area contributed by atoms with Crippen molar-refractivity contribution in [1.29, 1.82) is 0 Å². The lowest BCUT2D eigenvalue weighted by Gasteiger charge is -2.40. The second-order valence-electron chi connectivity index (χ2n) is 33.7. The Morgan fingerprint density at radius 3 is 1.14 bits per heavy atom. The van der Waals surface area contributed by atoms with Gasteiger partial charge in [0.1, 0.15) is 0 Å². The van der Waals surface area contributed by atoms with Crippen molar-refractivity contribution in [2.45, 2.75) is 204 Å². The first-order chi connectivity index (χ1) is 50.6. The summed E-state index contributed by atoms with van der Waals surface area (Å²) in [4.78, 5) is 7.74. The lowest BCUT2D eigenvalue weighted by Crippen LogP contribution is -2.38. The van der Waals surface area contributed by atoms with Crippen LogP contribution < -0.4 is 14.7 Å². The standard InChI is InChI=1S/C36H41N.C34H37N.C33H35N/c1-23(2)29-21-30-28-17-12-13-19-31(28)36(7,8)32(30)22-34(29)37(25(5)6)33-20-14-18-27(35(33)24(3)4)26-15-10-9-11-16-26;1-7-24-21-29-28-17-12-13-19-30(28)34(5,6)31(29)22-33(24)35(23(3)4)32-20-14-18-27(26(32)8-2)25-15-10-9-11-16-25;1-22-20-27-26-16-11-12-18-28(26)33(6,7)29(27)21-31(22)34(32(3,4)5)30-19-13-17-25(23(30)2)24-14-9-8-10-15-24/h9-25H,1-8H3;9-23H,7-8H2,1-6H3;8-21H,1-7H3. The van der Waals surface area contributed by atoms with E-state index < -0.39 is 0 Å². The van der Waals surface area contributed by atoms with Gasteiger partial charge in [-0.3, -0.25) is 0 Å². The first kappa shape index (κ1) is 74.3. The zero-order chi connectivity index (χ0) is 75.5. The van der Waals surface area contributed by atoms with Crippen molar-refractivity contribution in [2.24, 2.45) is 0 Å². The van der Waals surface area contributed by atoms with Crippen molar-refractivity contribution in [2.75, 3.05) is 14.7 Å². The van der Waals surface area contributed by atoms with Crippen molar-refractivity contribution in [3.63, 3.8) is 0 Å². The van der Waals surface area contributed by atoms with E-state index >= 15 is 0 Å². The Morgan fingerprint density at radius 2 is 0.689 bits per heavy atom. The highest BCUT2D eigenvalue weighted by molar-refractivity contribution is 5.91. The van der Waals surface area contributed by atoms with Crippen LogP contribution in [0.2, 0.25) is 0 Å². The zero-order valence-electron chi connectivity index (χ0n) is 67.3. The molecule has 0 saturated heterocycles. The van der Waals surface area contributed by atoms with Crippen LogP contribution in [0.3, 0.4) is 0 Å². The largest absolute Gasteiger partial charge is 0.338 e. The Bertz CT molecular complexity index is 5190. The quantitative estimate of drug-likeness (QED) is 0.101. The molecule has 0 aliphatic heterocycles. The lowest BCUT2D eigenvalue weighted by molar-refractivity contribution is 0.557. The third kappa shape index (κ3) is 13.3. The molecule has 3 aliphatic rings. The van der Waals surface area contributed by atoms with Crippen molar-refractivity contribution in [3.05, 3.63) is 322 Å². The Balaban J connectivity index is 0.000000141. The summed E-state index contributed by atoms with van der Waals surface area (Å²) in [6, 6.07) is 95.1. The second-order valence-corrected chi connectivity index (χ2v) is 33.7. The van der Waals surface area contributed by atoms with Gasteiger partial charge in [0.2, 0.25) is 0 Å². The molecule has 3 heteroatoms. The van der Waals surface area contributed by atoms with Crippen molar-refractivity contribution in [1.82, 2.24) is 0 Å². The summed E-state index contributed by atoms with van der Waals surface area (Å²) >= 11 is 0. The Labute approximate surface area is 637 Å². The van der Waals surface area contributed by atoms with Crippen LogP contribution in [-0.4, -0.2) is 17.6 Å². The van der Waals surface area contributed by atoms with Crippen LogP contribution in [0.5, 0.6) is 0 Å². The third-order valence-corrected chi connectivity index (χ3v) is 23.4. The van der Waals surface area contributed by atoms with E-state index in [1.165, 1.54) is 168 Å². The minimum absolute atomic E-state index is 0.00489. The maximum atomic E-state index is 2.61. The molecule has 3 nitrogen and oxygen atoms in total. The molecule has 0 atom stereocenters. The molecular weight excluding hydrogens is 1280 g/mol. The summed E-state index contributed by atoms with van der Waals surface area (Å²) in [5, 5.41) is 0. The monoisotopic (exact) mass is 1390 g/mol. The second kappa shape index (κ2) is 29.4. The first-order valence-corrected chi connectivity index (χ1v) is 39.3. The molecule has 3 aliphatic carbocycles. The molecule has 0 unspecified atom stereocenters. The SMILES string of the molecule is CC(C)c1cc2c(cc1N(c1cccc(-c3ccccc3)c1C(C)C)C(C)C)C(C)(C)c1ccccc1-2.CCc1cc2c(cc1N(c1cccc(-c3ccccc3)c1CC)C(C)C)C(C)(C)c1ccccc1-2.Cc1cc2c(cc1N(c1cccc(-c3ccccc3)c1C)C(C)(C)C)C(C)(C)c1ccccc1-2. The number of hydrogen-bond donors (Lipinski definition) is 0. The number of benzene rings is 12. The average Bonchev–Trinajstić information content (AvgIpc) is 1.58. The molecule has 106 heavy (non-hydrogen) atoms. The average molecular weight is 1390 g/mol. The molecule has 540 valence electrons. The van der Waals surface area contributed by atoms with Crippen LogP contribution in [0.1, 0.15) is 210 Å². The maximum Gasteiger partial charge on any atom is 0.0454 e. The van der Waals surface area contributed by atoms with Gasteiger partial charge in [0.05, 0.1) is 0 Å². The fraction of sp³-hybridized carbons (Fsp3) is 0.301. The molecular formula is C103H113N3. The highest BCUT2D eigenvalue weighted by Gasteiger charge is 2.41. The number of aryl methyl sites for hydroxylation is 2. The fourth-order valence-electron chi connectivity index (χ4n) is 18.1. The van der Waals surface area contributed by atoms with Gasteiger partial charge in [0.25, 0.3) is 0 Å². The minimum atomic E-state index is -0.0886. The Kier molecular flexibility index (Phi) is 20.6. The first-order valence-electron chi connectivity index (χ1n) is 39.3. The summed E-state index contributed by atoms with van der Waals surface area (Å²) in [7, 11) is 0. The highest BCUT2D eigenvalue weighted by atomic mass is 15.2. The summed E-state index contributed by atoms with van der Waals surface area (Å²) < 4.78 is 0. The Hall–Kier alpha value is -9.96. The number of nitrogens with zero attached hydrogens (tertiary/aromatic N) is 3. The minimum Gasteiger partial charge on any atom is -0.338 e. The summed E-state index contributed by atoms with van der Waals surface area (Å²) in [5.41, 5.74) is 40.8. The van der Waals surface area contributed by atoms with Crippen LogP contribution in [0.15, 0.2) is 255 Å². The molecule has 0 bridgehead atoms. The van der Waals surface area contributed by atoms with Gasteiger partial charge in [-0.15, -0.1) is 0 Å². The lowest BCUT2D eigenvalue weighted by atomic mass is 9.81. The van der Waals surface area contributed by atoms with Crippen LogP contribution in [0, 0.1) is 13.8 Å². The van der Waals surface area contributed by atoms with Gasteiger partial charge in [-0.25, -0.2) is 0 Å². The van der Waals surface area contributed by atoms with Gasteiger partial charge in [0, 0.05) is 68.0 Å². The number of anilines is 6. The van der Waals surface area contributed by atoms with Gasteiger partial charge in [-0.05, 0) is 275 Å². The topological polar surface area (TPSA) is 9.72 Å². The molecule has 0 amide bonds. The maximum absolute atomic E-state index is 2.61. The van der Waals surface area contributed by atoms with Crippen LogP contribution in [0.4, 0.5) is 34.1 Å². The van der Waals surface area contributed by atoms with E-state index in [1.54, 1.807) is 0 Å². The Morgan fingerprint density at radius 1 is 0.311 bits per heavy atom. The normalized spacial score (nSPS) is 13.8. The van der Waals surface area contributed by atoms with Gasteiger partial charge in [-0.2, -0.15) is 0 Å². The smallest absolute Gasteiger partial charge is 0.0454 e. The molecule has 0 N–H and O–H groups in total. The molecule has 12 aromatic rings. The molecule has 0 saturated carbocycles. The number of fused-ring (bicyclic) bond motifs is 9. The van der Waals surface area contributed by atoms with E-state index in [0.717, 1.165) is 12.8 Å². The molecule has 12 aromatic carbocycles. The number of hydrogen-bond acceptors (Lipinski definition) is 3. The van der Waals surface area contributed by atoms with Crippen LogP contribution in [0.25, 0.3) is 66.8 Å². The predicted octanol–water partition coefficient (Wildman–Crippen LogP) is 29.0. The molecule has 0 radical (unpaired) electrons. The fourth-order valence-corrected chi connectivity index (χ4v) is 18.1. The van der Waals surface area contributed by atoms with E-state index in [0.29, 0.717) is 23.9 Å².